The van der Waals surface area contributed by atoms with E-state index >= 15 is 0 Å². The number of hydrogen-bond donors (Lipinski definition) is 7. The van der Waals surface area contributed by atoms with Gasteiger partial charge in [-0.2, -0.15) is 5.10 Å². The standard InChI is InChI=1S/C13H25N7O4/c1-15-9(11(14)12(21)22)4-2-3-6-16-13(23)24-7-5-10-19-17-8-18-20-10/h5,8-9,11,15,19-20H,2-4,6-7,14H2,1H3,(H,16,23)(H,17,18)(H,21,22). The summed E-state index contributed by atoms with van der Waals surface area (Å²) in [5, 5.41) is 18.1. The summed E-state index contributed by atoms with van der Waals surface area (Å²) in [4.78, 5) is 22.3. The van der Waals surface area contributed by atoms with Crippen LogP contribution in [0.3, 0.4) is 0 Å². The summed E-state index contributed by atoms with van der Waals surface area (Å²) in [6.07, 6.45) is 4.57. The molecule has 1 aliphatic rings. The van der Waals surface area contributed by atoms with Gasteiger partial charge in [-0.15, -0.1) is 0 Å². The highest BCUT2D eigenvalue weighted by atomic mass is 16.5. The van der Waals surface area contributed by atoms with Gasteiger partial charge in [0.15, 0.2) is 0 Å². The van der Waals surface area contributed by atoms with E-state index in [1.165, 1.54) is 6.34 Å². The summed E-state index contributed by atoms with van der Waals surface area (Å²) in [6.45, 7) is 0.532. The Hall–Kier alpha value is -2.53. The number of hydrogen-bond acceptors (Lipinski definition) is 9. The van der Waals surface area contributed by atoms with Crippen molar-refractivity contribution in [2.24, 2.45) is 10.8 Å². The van der Waals surface area contributed by atoms with Crippen molar-refractivity contribution in [1.82, 2.24) is 26.9 Å². The molecule has 24 heavy (non-hydrogen) atoms. The minimum atomic E-state index is -1.03. The number of hydrazine groups is 1. The van der Waals surface area contributed by atoms with Crippen LogP contribution in [0.4, 0.5) is 4.79 Å². The van der Waals surface area contributed by atoms with E-state index in [0.29, 0.717) is 25.2 Å². The summed E-state index contributed by atoms with van der Waals surface area (Å²) in [5.41, 5.74) is 13.7. The Balaban J connectivity index is 2.08. The van der Waals surface area contributed by atoms with Gasteiger partial charge in [-0.1, -0.05) is 6.42 Å². The number of carboxylic acids is 1. The Kier molecular flexibility index (Phi) is 9.01. The van der Waals surface area contributed by atoms with E-state index in [0.717, 1.165) is 6.42 Å². The normalized spacial score (nSPS) is 17.2. The zero-order chi connectivity index (χ0) is 17.8. The third kappa shape index (κ3) is 7.65. The average Bonchev–Trinajstić information content (AvgIpc) is 2.58. The van der Waals surface area contributed by atoms with Crippen LogP contribution in [-0.2, 0) is 9.53 Å². The molecule has 2 unspecified atom stereocenters. The number of likely N-dealkylation sites (N-methyl/N-ethyl adjacent to an activating group) is 1. The summed E-state index contributed by atoms with van der Waals surface area (Å²) in [5.74, 6) is -0.453. The van der Waals surface area contributed by atoms with Gasteiger partial charge in [0.05, 0.1) is 0 Å². The minimum absolute atomic E-state index is 0.0909. The second-order valence-corrected chi connectivity index (χ2v) is 5.04. The number of unbranched alkanes of at least 4 members (excludes halogenated alkanes) is 1. The zero-order valence-electron chi connectivity index (χ0n) is 13.5. The van der Waals surface area contributed by atoms with E-state index in [1.807, 2.05) is 0 Å². The molecule has 0 fully saturated rings. The van der Waals surface area contributed by atoms with Gasteiger partial charge in [0.1, 0.15) is 24.8 Å². The van der Waals surface area contributed by atoms with E-state index < -0.39 is 18.1 Å². The minimum Gasteiger partial charge on any atom is -0.480 e. The lowest BCUT2D eigenvalue weighted by molar-refractivity contribution is -0.139. The number of nitrogens with one attached hydrogen (secondary N) is 5. The second kappa shape index (κ2) is 11.1. The van der Waals surface area contributed by atoms with Crippen LogP contribution >= 0.6 is 0 Å². The molecule has 0 aliphatic carbocycles. The molecular weight excluding hydrogens is 318 g/mol. The highest BCUT2D eigenvalue weighted by molar-refractivity contribution is 5.74. The van der Waals surface area contributed by atoms with Gasteiger partial charge in [-0.3, -0.25) is 21.1 Å². The number of carbonyl (C=O) groups is 2. The number of aliphatic carboxylic acids is 1. The summed E-state index contributed by atoms with van der Waals surface area (Å²) in [7, 11) is 1.68. The Labute approximate surface area is 140 Å². The van der Waals surface area contributed by atoms with Gasteiger partial charge < -0.3 is 26.2 Å². The quantitative estimate of drug-likeness (QED) is 0.231. The van der Waals surface area contributed by atoms with Crippen LogP contribution < -0.4 is 32.6 Å². The Bertz CT molecular complexity index is 469. The Morgan fingerprint density at radius 3 is 2.92 bits per heavy atom. The lowest BCUT2D eigenvalue weighted by Crippen LogP contribution is -2.48. The summed E-state index contributed by atoms with van der Waals surface area (Å²) in [6, 6.07) is -1.24. The van der Waals surface area contributed by atoms with Crippen LogP contribution in [0, 0.1) is 0 Å². The maximum atomic E-state index is 11.5. The molecule has 0 bridgehead atoms. The molecule has 8 N–H and O–H groups in total. The van der Waals surface area contributed by atoms with Crippen LogP contribution in [-0.4, -0.2) is 55.8 Å². The van der Waals surface area contributed by atoms with Gasteiger partial charge >= 0.3 is 12.1 Å². The molecule has 1 heterocycles. The molecule has 1 amide bonds. The van der Waals surface area contributed by atoms with Crippen molar-refractivity contribution in [2.75, 3.05) is 20.2 Å². The molecule has 1 aliphatic heterocycles. The van der Waals surface area contributed by atoms with Gasteiger partial charge in [0.2, 0.25) is 0 Å². The first kappa shape index (κ1) is 19.5. The van der Waals surface area contributed by atoms with Crippen molar-refractivity contribution in [2.45, 2.75) is 31.3 Å². The van der Waals surface area contributed by atoms with E-state index in [1.54, 1.807) is 13.1 Å². The molecule has 11 heteroatoms. The number of carbonyl (C=O) groups excluding carboxylic acids is 1. The van der Waals surface area contributed by atoms with E-state index in [-0.39, 0.29) is 12.6 Å². The molecular formula is C13H25N7O4. The number of alkyl carbamates (subject to hydrolysis) is 1. The Morgan fingerprint density at radius 1 is 1.50 bits per heavy atom. The van der Waals surface area contributed by atoms with Gasteiger partial charge in [0.25, 0.3) is 0 Å². The molecule has 136 valence electrons. The fourth-order valence-electron chi connectivity index (χ4n) is 1.98. The lowest BCUT2D eigenvalue weighted by atomic mass is 10.0. The predicted octanol–water partition coefficient (Wildman–Crippen LogP) is -1.64. The van der Waals surface area contributed by atoms with E-state index in [9.17, 15) is 9.59 Å². The number of hydrazone groups is 1. The number of nitrogens with zero attached hydrogens (tertiary/aromatic N) is 1. The van der Waals surface area contributed by atoms with Crippen LogP contribution in [0.1, 0.15) is 19.3 Å². The topological polar surface area (TPSA) is 162 Å². The Morgan fingerprint density at radius 2 is 2.29 bits per heavy atom. The van der Waals surface area contributed by atoms with Crippen molar-refractivity contribution < 1.29 is 19.4 Å². The number of nitrogens with two attached hydrogens (primary N) is 1. The smallest absolute Gasteiger partial charge is 0.407 e. The van der Waals surface area contributed by atoms with Crippen molar-refractivity contribution in [3.05, 3.63) is 11.9 Å². The predicted molar refractivity (Wildman–Crippen MR) is 87.6 cm³/mol. The molecule has 0 saturated heterocycles. The van der Waals surface area contributed by atoms with Crippen molar-refractivity contribution in [3.63, 3.8) is 0 Å². The fraction of sp³-hybridized carbons (Fsp3) is 0.615. The van der Waals surface area contributed by atoms with Crippen LogP contribution in [0.15, 0.2) is 17.0 Å². The second-order valence-electron chi connectivity index (χ2n) is 5.04. The lowest BCUT2D eigenvalue weighted by Gasteiger charge is -2.19. The van der Waals surface area contributed by atoms with E-state index in [4.69, 9.17) is 15.6 Å². The van der Waals surface area contributed by atoms with E-state index in [2.05, 4.69) is 32.0 Å². The summed E-state index contributed by atoms with van der Waals surface area (Å²) < 4.78 is 4.97. The molecule has 1 rings (SSSR count). The van der Waals surface area contributed by atoms with Crippen LogP contribution in [0.2, 0.25) is 0 Å². The third-order valence-corrected chi connectivity index (χ3v) is 3.32. The van der Waals surface area contributed by atoms with Crippen LogP contribution in [0.5, 0.6) is 0 Å². The first-order chi connectivity index (χ1) is 11.5. The number of ether oxygens (including phenoxy) is 1. The SMILES string of the molecule is CNC(CCCCNC(=O)OC/C=C1/NN=CNN1)C(N)C(=O)O. The third-order valence-electron chi connectivity index (χ3n) is 3.32. The molecule has 0 aromatic heterocycles. The molecule has 0 radical (unpaired) electrons. The first-order valence-corrected chi connectivity index (χ1v) is 7.60. The van der Waals surface area contributed by atoms with Crippen molar-refractivity contribution in [3.8, 4) is 0 Å². The number of amides is 1. The molecule has 0 spiro atoms. The molecule has 0 saturated carbocycles. The molecule has 2 atom stereocenters. The largest absolute Gasteiger partial charge is 0.480 e. The van der Waals surface area contributed by atoms with Gasteiger partial charge in [0, 0.05) is 12.6 Å². The monoisotopic (exact) mass is 343 g/mol. The van der Waals surface area contributed by atoms with Gasteiger partial charge in [-0.05, 0) is 26.0 Å². The maximum absolute atomic E-state index is 11.5. The molecule has 11 nitrogen and oxygen atoms in total. The number of carboxylic acid groups (broad SMARTS) is 1. The van der Waals surface area contributed by atoms with Crippen molar-refractivity contribution >= 4 is 18.4 Å². The highest BCUT2D eigenvalue weighted by Crippen LogP contribution is 2.03. The molecule has 0 aromatic carbocycles. The fourth-order valence-corrected chi connectivity index (χ4v) is 1.98. The highest BCUT2D eigenvalue weighted by Gasteiger charge is 2.21. The van der Waals surface area contributed by atoms with Gasteiger partial charge in [-0.25, -0.2) is 4.79 Å². The van der Waals surface area contributed by atoms with Crippen molar-refractivity contribution in [1.29, 1.82) is 0 Å². The zero-order valence-corrected chi connectivity index (χ0v) is 13.5. The molecule has 0 aromatic rings. The van der Waals surface area contributed by atoms with Crippen LogP contribution in [0.25, 0.3) is 0 Å². The first-order valence-electron chi connectivity index (χ1n) is 7.60. The summed E-state index contributed by atoms with van der Waals surface area (Å²) >= 11 is 0. The number of rotatable bonds is 10. The average molecular weight is 343 g/mol. The maximum Gasteiger partial charge on any atom is 0.407 e.